The van der Waals surface area contributed by atoms with Crippen molar-refractivity contribution in [1.29, 1.82) is 0 Å². The number of methoxy groups -OCH3 is 1. The third-order valence-corrected chi connectivity index (χ3v) is 2.66. The van der Waals surface area contributed by atoms with Crippen LogP contribution in [0.25, 0.3) is 0 Å². The molecule has 1 N–H and O–H groups in total. The van der Waals surface area contributed by atoms with Crippen LogP contribution in [-0.4, -0.2) is 22.6 Å². The van der Waals surface area contributed by atoms with Crippen LogP contribution in [0.3, 0.4) is 0 Å². The van der Waals surface area contributed by atoms with E-state index in [-0.39, 0.29) is 5.91 Å². The quantitative estimate of drug-likeness (QED) is 0.884. The maximum Gasteiger partial charge on any atom is 0.268 e. The third-order valence-electron chi connectivity index (χ3n) is 2.66. The molecule has 0 aromatic carbocycles. The van der Waals surface area contributed by atoms with E-state index in [2.05, 4.69) is 10.3 Å². The summed E-state index contributed by atoms with van der Waals surface area (Å²) in [4.78, 5) is 16.0. The number of ether oxygens (including phenoxy) is 1. The predicted molar refractivity (Wildman–Crippen MR) is 67.4 cm³/mol. The molecule has 2 rings (SSSR count). The van der Waals surface area contributed by atoms with Gasteiger partial charge in [0.05, 0.1) is 7.11 Å². The molecule has 2 aromatic rings. The van der Waals surface area contributed by atoms with Crippen molar-refractivity contribution in [2.45, 2.75) is 6.54 Å². The Morgan fingerprint density at radius 2 is 2.28 bits per heavy atom. The second kappa shape index (κ2) is 5.35. The van der Waals surface area contributed by atoms with Crippen molar-refractivity contribution in [2.75, 3.05) is 7.11 Å². The molecule has 0 bridgehead atoms. The Morgan fingerprint density at radius 3 is 2.94 bits per heavy atom. The minimum atomic E-state index is -0.117. The minimum absolute atomic E-state index is 0.117. The van der Waals surface area contributed by atoms with Crippen LogP contribution in [0, 0.1) is 0 Å². The van der Waals surface area contributed by atoms with Gasteiger partial charge in [-0.25, -0.2) is 4.98 Å². The zero-order valence-corrected chi connectivity index (χ0v) is 10.4. The Labute approximate surface area is 105 Å². The van der Waals surface area contributed by atoms with Crippen molar-refractivity contribution in [1.82, 2.24) is 14.9 Å². The lowest BCUT2D eigenvalue weighted by atomic mass is 10.2. The molecule has 0 aliphatic carbocycles. The Bertz CT molecular complexity index is 549. The predicted octanol–water partition coefficient (Wildman–Crippen LogP) is 1.36. The van der Waals surface area contributed by atoms with E-state index in [1.54, 1.807) is 23.9 Å². The standard InChI is InChI=1S/C13H15N3O2/c1-16-8-4-6-11(16)12(17)15-9-10-5-3-7-14-13(10)18-2/h3-8H,9H2,1-2H3,(H,15,17). The molecular formula is C13H15N3O2. The number of amides is 1. The highest BCUT2D eigenvalue weighted by Gasteiger charge is 2.10. The van der Waals surface area contributed by atoms with Crippen molar-refractivity contribution >= 4 is 5.91 Å². The lowest BCUT2D eigenvalue weighted by Gasteiger charge is -2.08. The summed E-state index contributed by atoms with van der Waals surface area (Å²) in [6.07, 6.45) is 3.49. The van der Waals surface area contributed by atoms with E-state index in [4.69, 9.17) is 4.74 Å². The number of carbonyl (C=O) groups is 1. The van der Waals surface area contributed by atoms with E-state index in [9.17, 15) is 4.79 Å². The van der Waals surface area contributed by atoms with E-state index in [0.29, 0.717) is 18.1 Å². The van der Waals surface area contributed by atoms with E-state index in [0.717, 1.165) is 5.56 Å². The highest BCUT2D eigenvalue weighted by molar-refractivity contribution is 5.92. The summed E-state index contributed by atoms with van der Waals surface area (Å²) in [7, 11) is 3.39. The number of hydrogen-bond donors (Lipinski definition) is 1. The van der Waals surface area contributed by atoms with E-state index < -0.39 is 0 Å². The van der Waals surface area contributed by atoms with Crippen LogP contribution in [0.5, 0.6) is 5.88 Å². The van der Waals surface area contributed by atoms with Gasteiger partial charge in [0.25, 0.3) is 5.91 Å². The van der Waals surface area contributed by atoms with Gasteiger partial charge in [-0.1, -0.05) is 6.07 Å². The molecule has 2 heterocycles. The molecule has 0 fully saturated rings. The van der Waals surface area contributed by atoms with Crippen molar-refractivity contribution < 1.29 is 9.53 Å². The third kappa shape index (κ3) is 2.51. The minimum Gasteiger partial charge on any atom is -0.481 e. The van der Waals surface area contributed by atoms with Gasteiger partial charge in [-0.2, -0.15) is 0 Å². The summed E-state index contributed by atoms with van der Waals surface area (Å²) in [5.41, 5.74) is 1.47. The highest BCUT2D eigenvalue weighted by atomic mass is 16.5. The van der Waals surface area contributed by atoms with E-state index >= 15 is 0 Å². The molecule has 0 spiro atoms. The number of nitrogens with zero attached hydrogens (tertiary/aromatic N) is 2. The highest BCUT2D eigenvalue weighted by Crippen LogP contribution is 2.13. The number of aryl methyl sites for hydroxylation is 1. The number of aromatic nitrogens is 2. The van der Waals surface area contributed by atoms with Crippen molar-refractivity contribution in [3.8, 4) is 5.88 Å². The maximum absolute atomic E-state index is 11.9. The van der Waals surface area contributed by atoms with Gasteiger partial charge in [0, 0.05) is 31.5 Å². The van der Waals surface area contributed by atoms with Crippen LogP contribution in [0.4, 0.5) is 0 Å². The van der Waals surface area contributed by atoms with Gasteiger partial charge >= 0.3 is 0 Å². The molecule has 0 aliphatic rings. The first-order valence-electron chi connectivity index (χ1n) is 5.60. The molecule has 5 heteroatoms. The first-order chi connectivity index (χ1) is 8.72. The summed E-state index contributed by atoms with van der Waals surface area (Å²) >= 11 is 0. The van der Waals surface area contributed by atoms with Crippen LogP contribution in [0.1, 0.15) is 16.1 Å². The van der Waals surface area contributed by atoms with Crippen molar-refractivity contribution in [2.24, 2.45) is 7.05 Å². The summed E-state index contributed by atoms with van der Waals surface area (Å²) in [6.45, 7) is 0.390. The van der Waals surface area contributed by atoms with Gasteiger partial charge in [0.2, 0.25) is 5.88 Å². The Kier molecular flexibility index (Phi) is 3.62. The second-order valence-electron chi connectivity index (χ2n) is 3.86. The van der Waals surface area contributed by atoms with Gasteiger partial charge < -0.3 is 14.6 Å². The first kappa shape index (κ1) is 12.2. The molecule has 0 aliphatic heterocycles. The normalized spacial score (nSPS) is 10.1. The molecule has 5 nitrogen and oxygen atoms in total. The van der Waals surface area contributed by atoms with Gasteiger partial charge in [-0.05, 0) is 18.2 Å². The molecule has 0 saturated carbocycles. The fraction of sp³-hybridized carbons (Fsp3) is 0.231. The maximum atomic E-state index is 11.9. The average molecular weight is 245 g/mol. The Morgan fingerprint density at radius 1 is 1.44 bits per heavy atom. The largest absolute Gasteiger partial charge is 0.481 e. The number of hydrogen-bond acceptors (Lipinski definition) is 3. The van der Waals surface area contributed by atoms with Crippen LogP contribution < -0.4 is 10.1 Å². The number of rotatable bonds is 4. The molecule has 18 heavy (non-hydrogen) atoms. The molecule has 0 atom stereocenters. The molecule has 94 valence electrons. The molecule has 2 aromatic heterocycles. The van der Waals surface area contributed by atoms with Crippen LogP contribution in [0.15, 0.2) is 36.7 Å². The van der Waals surface area contributed by atoms with Crippen LogP contribution >= 0.6 is 0 Å². The lowest BCUT2D eigenvalue weighted by Crippen LogP contribution is -2.25. The number of pyridine rings is 1. The second-order valence-corrected chi connectivity index (χ2v) is 3.86. The van der Waals surface area contributed by atoms with Crippen molar-refractivity contribution in [3.63, 3.8) is 0 Å². The fourth-order valence-electron chi connectivity index (χ4n) is 1.71. The smallest absolute Gasteiger partial charge is 0.268 e. The summed E-state index contributed by atoms with van der Waals surface area (Å²) in [6, 6.07) is 7.29. The lowest BCUT2D eigenvalue weighted by molar-refractivity contribution is 0.0942. The van der Waals surface area contributed by atoms with Gasteiger partial charge in [-0.15, -0.1) is 0 Å². The molecule has 1 amide bonds. The molecule has 0 unspecified atom stereocenters. The van der Waals surface area contributed by atoms with Crippen molar-refractivity contribution in [3.05, 3.63) is 47.9 Å². The Balaban J connectivity index is 2.04. The summed E-state index contributed by atoms with van der Waals surface area (Å²) < 4.78 is 6.90. The molecular weight excluding hydrogens is 230 g/mol. The van der Waals surface area contributed by atoms with Crippen LogP contribution in [-0.2, 0) is 13.6 Å². The summed E-state index contributed by atoms with van der Waals surface area (Å²) in [5.74, 6) is 0.415. The average Bonchev–Trinajstić information content (AvgIpc) is 2.82. The summed E-state index contributed by atoms with van der Waals surface area (Å²) in [5, 5.41) is 2.84. The van der Waals surface area contributed by atoms with E-state index in [1.165, 1.54) is 0 Å². The first-order valence-corrected chi connectivity index (χ1v) is 5.60. The van der Waals surface area contributed by atoms with E-state index in [1.807, 2.05) is 31.4 Å². The van der Waals surface area contributed by atoms with Gasteiger partial charge in [0.1, 0.15) is 5.69 Å². The topological polar surface area (TPSA) is 56.1 Å². The zero-order valence-electron chi connectivity index (χ0n) is 10.4. The zero-order chi connectivity index (χ0) is 13.0. The molecule has 0 saturated heterocycles. The molecule has 0 radical (unpaired) electrons. The number of carbonyl (C=O) groups excluding carboxylic acids is 1. The monoisotopic (exact) mass is 245 g/mol. The Hall–Kier alpha value is -2.30. The number of nitrogens with one attached hydrogen (secondary N) is 1. The van der Waals surface area contributed by atoms with Gasteiger partial charge in [0.15, 0.2) is 0 Å². The SMILES string of the molecule is COc1ncccc1CNC(=O)c1cccn1C. The van der Waals surface area contributed by atoms with Crippen LogP contribution in [0.2, 0.25) is 0 Å². The fourth-order valence-corrected chi connectivity index (χ4v) is 1.71. The van der Waals surface area contributed by atoms with Gasteiger partial charge in [-0.3, -0.25) is 4.79 Å².